The Morgan fingerprint density at radius 2 is 2.00 bits per heavy atom. The number of halogens is 4. The zero-order chi connectivity index (χ0) is 17.6. The Morgan fingerprint density at radius 3 is 2.52 bits per heavy atom. The van der Waals surface area contributed by atoms with Crippen molar-refractivity contribution in [1.82, 2.24) is 20.4 Å². The van der Waals surface area contributed by atoms with Gasteiger partial charge in [-0.3, -0.25) is 9.67 Å². The molecule has 1 aromatic heterocycles. The van der Waals surface area contributed by atoms with Crippen molar-refractivity contribution in [3.8, 4) is 0 Å². The van der Waals surface area contributed by atoms with Crippen molar-refractivity contribution in [2.75, 3.05) is 13.1 Å². The summed E-state index contributed by atoms with van der Waals surface area (Å²) in [6.07, 6.45) is 1.10. The maximum atomic E-state index is 12.7. The van der Waals surface area contributed by atoms with Gasteiger partial charge in [0.25, 0.3) is 0 Å². The summed E-state index contributed by atoms with van der Waals surface area (Å²) in [5, 5.41) is 10.6. The lowest BCUT2D eigenvalue weighted by molar-refractivity contribution is -0.182. The van der Waals surface area contributed by atoms with Crippen LogP contribution in [0, 0.1) is 12.8 Å². The third-order valence-electron chi connectivity index (χ3n) is 4.24. The Morgan fingerprint density at radius 1 is 1.32 bits per heavy atom. The van der Waals surface area contributed by atoms with Gasteiger partial charge >= 0.3 is 6.18 Å². The minimum Gasteiger partial charge on any atom is -0.357 e. The Hall–Kier alpha value is -1.00. The number of hydrogen-bond acceptors (Lipinski definition) is 2. The van der Waals surface area contributed by atoms with E-state index >= 15 is 0 Å². The summed E-state index contributed by atoms with van der Waals surface area (Å²) in [7, 11) is 0. The fourth-order valence-corrected chi connectivity index (χ4v) is 2.93. The standard InChI is InChI=1S/C16H26F3N5.HI/c1-3-20-15(21-8-9-24-11-12(2)10-22-24)23-14-6-4-13(5-7-14)16(17,18)19;/h10-11,13-14H,3-9H2,1-2H3,(H2,20,21,23);1H. The Bertz CT molecular complexity index is 536. The normalized spacial score (nSPS) is 21.6. The third-order valence-corrected chi connectivity index (χ3v) is 4.24. The van der Waals surface area contributed by atoms with E-state index in [0.717, 1.165) is 5.56 Å². The molecule has 0 amide bonds. The Balaban J connectivity index is 0.00000312. The highest BCUT2D eigenvalue weighted by Crippen LogP contribution is 2.37. The number of nitrogens with zero attached hydrogens (tertiary/aromatic N) is 3. The second kappa shape index (κ2) is 10.2. The van der Waals surface area contributed by atoms with Gasteiger partial charge in [-0.05, 0) is 45.1 Å². The molecule has 9 heteroatoms. The maximum absolute atomic E-state index is 12.7. The molecular formula is C16H27F3IN5. The predicted octanol–water partition coefficient (Wildman–Crippen LogP) is 3.49. The topological polar surface area (TPSA) is 54.2 Å². The van der Waals surface area contributed by atoms with Gasteiger partial charge in [-0.15, -0.1) is 24.0 Å². The maximum Gasteiger partial charge on any atom is 0.391 e. The summed E-state index contributed by atoms with van der Waals surface area (Å²) in [6, 6.07) is 0.0494. The van der Waals surface area contributed by atoms with Crippen molar-refractivity contribution >= 4 is 29.9 Å². The molecule has 1 heterocycles. The van der Waals surface area contributed by atoms with Crippen molar-refractivity contribution in [3.63, 3.8) is 0 Å². The zero-order valence-electron chi connectivity index (χ0n) is 14.6. The van der Waals surface area contributed by atoms with Crippen LogP contribution in [0.4, 0.5) is 13.2 Å². The van der Waals surface area contributed by atoms with Crippen molar-refractivity contribution in [2.24, 2.45) is 10.9 Å². The van der Waals surface area contributed by atoms with E-state index in [2.05, 4.69) is 20.7 Å². The van der Waals surface area contributed by atoms with Crippen LogP contribution in [0.25, 0.3) is 0 Å². The van der Waals surface area contributed by atoms with E-state index in [4.69, 9.17) is 0 Å². The van der Waals surface area contributed by atoms with Crippen LogP contribution < -0.4 is 10.6 Å². The monoisotopic (exact) mass is 473 g/mol. The van der Waals surface area contributed by atoms with Crippen LogP contribution in [-0.4, -0.2) is 41.0 Å². The molecule has 0 bridgehead atoms. The molecule has 1 aromatic rings. The quantitative estimate of drug-likeness (QED) is 0.391. The van der Waals surface area contributed by atoms with Crippen LogP contribution in [0.3, 0.4) is 0 Å². The first-order chi connectivity index (χ1) is 11.4. The average molecular weight is 473 g/mol. The van der Waals surface area contributed by atoms with Gasteiger partial charge in [-0.25, -0.2) is 0 Å². The molecule has 0 radical (unpaired) electrons. The smallest absolute Gasteiger partial charge is 0.357 e. The molecule has 1 saturated carbocycles. The molecule has 5 nitrogen and oxygen atoms in total. The van der Waals surface area contributed by atoms with E-state index in [0.29, 0.717) is 38.4 Å². The lowest BCUT2D eigenvalue weighted by Crippen LogP contribution is -2.46. The first kappa shape index (κ1) is 22.0. The minimum absolute atomic E-state index is 0. The van der Waals surface area contributed by atoms with Gasteiger partial charge in [0.2, 0.25) is 0 Å². The van der Waals surface area contributed by atoms with Crippen molar-refractivity contribution < 1.29 is 13.2 Å². The summed E-state index contributed by atoms with van der Waals surface area (Å²) < 4.78 is 40.0. The molecule has 25 heavy (non-hydrogen) atoms. The number of hydrogen-bond donors (Lipinski definition) is 2. The molecule has 144 valence electrons. The minimum atomic E-state index is -4.06. The highest BCUT2D eigenvalue weighted by Gasteiger charge is 2.41. The Labute approximate surface area is 163 Å². The SMILES string of the molecule is CCNC(=NCCn1cc(C)cn1)NC1CCC(C(F)(F)F)CC1.I. The van der Waals surface area contributed by atoms with Crippen LogP contribution in [0.1, 0.15) is 38.2 Å². The van der Waals surface area contributed by atoms with Crippen LogP contribution in [-0.2, 0) is 6.54 Å². The van der Waals surface area contributed by atoms with Gasteiger partial charge in [0, 0.05) is 18.8 Å². The van der Waals surface area contributed by atoms with Crippen LogP contribution in [0.15, 0.2) is 17.4 Å². The van der Waals surface area contributed by atoms with E-state index in [-0.39, 0.29) is 42.9 Å². The zero-order valence-corrected chi connectivity index (χ0v) is 17.0. The molecule has 1 fully saturated rings. The van der Waals surface area contributed by atoms with Crippen molar-refractivity contribution in [1.29, 1.82) is 0 Å². The summed E-state index contributed by atoms with van der Waals surface area (Å²) in [5.74, 6) is -0.491. The average Bonchev–Trinajstić information content (AvgIpc) is 2.92. The summed E-state index contributed by atoms with van der Waals surface area (Å²) in [5.41, 5.74) is 1.10. The molecule has 0 atom stereocenters. The van der Waals surface area contributed by atoms with Gasteiger partial charge in [0.1, 0.15) is 0 Å². The number of aliphatic imine (C=N–C) groups is 1. The van der Waals surface area contributed by atoms with Crippen molar-refractivity contribution in [3.05, 3.63) is 18.0 Å². The molecule has 0 aromatic carbocycles. The lowest BCUT2D eigenvalue weighted by Gasteiger charge is -2.31. The van der Waals surface area contributed by atoms with Gasteiger partial charge in [0.15, 0.2) is 5.96 Å². The largest absolute Gasteiger partial charge is 0.391 e. The number of alkyl halides is 3. The van der Waals surface area contributed by atoms with E-state index in [9.17, 15) is 13.2 Å². The van der Waals surface area contributed by atoms with Crippen LogP contribution in [0.5, 0.6) is 0 Å². The van der Waals surface area contributed by atoms with E-state index in [1.807, 2.05) is 24.7 Å². The highest BCUT2D eigenvalue weighted by atomic mass is 127. The lowest BCUT2D eigenvalue weighted by atomic mass is 9.85. The summed E-state index contributed by atoms with van der Waals surface area (Å²) in [4.78, 5) is 4.49. The summed E-state index contributed by atoms with van der Waals surface area (Å²) in [6.45, 7) is 5.90. The molecule has 1 aliphatic rings. The number of guanidine groups is 1. The number of aromatic nitrogens is 2. The van der Waals surface area contributed by atoms with Gasteiger partial charge in [-0.1, -0.05) is 0 Å². The van der Waals surface area contributed by atoms with E-state index in [1.54, 1.807) is 6.20 Å². The number of rotatable bonds is 5. The summed E-state index contributed by atoms with van der Waals surface area (Å²) >= 11 is 0. The van der Waals surface area contributed by atoms with Gasteiger partial charge in [-0.2, -0.15) is 18.3 Å². The number of nitrogens with one attached hydrogen (secondary N) is 2. The van der Waals surface area contributed by atoms with Gasteiger partial charge < -0.3 is 10.6 Å². The molecule has 2 rings (SSSR count). The first-order valence-electron chi connectivity index (χ1n) is 8.49. The second-order valence-electron chi connectivity index (χ2n) is 6.28. The molecule has 0 aliphatic heterocycles. The number of aryl methyl sites for hydroxylation is 1. The molecule has 0 spiro atoms. The highest BCUT2D eigenvalue weighted by molar-refractivity contribution is 14.0. The molecular weight excluding hydrogens is 446 g/mol. The molecule has 0 unspecified atom stereocenters. The predicted molar refractivity (Wildman–Crippen MR) is 103 cm³/mol. The molecule has 1 aliphatic carbocycles. The molecule has 2 N–H and O–H groups in total. The first-order valence-corrected chi connectivity index (χ1v) is 8.49. The van der Waals surface area contributed by atoms with Crippen LogP contribution >= 0.6 is 24.0 Å². The fourth-order valence-electron chi connectivity index (χ4n) is 2.93. The van der Waals surface area contributed by atoms with Crippen LogP contribution in [0.2, 0.25) is 0 Å². The third kappa shape index (κ3) is 7.41. The Kier molecular flexibility index (Phi) is 9.01. The van der Waals surface area contributed by atoms with E-state index in [1.165, 1.54) is 0 Å². The van der Waals surface area contributed by atoms with Gasteiger partial charge in [0.05, 0.1) is 25.2 Å². The fraction of sp³-hybridized carbons (Fsp3) is 0.750. The van der Waals surface area contributed by atoms with Crippen molar-refractivity contribution in [2.45, 2.75) is 58.3 Å². The molecule has 0 saturated heterocycles. The van der Waals surface area contributed by atoms with E-state index < -0.39 is 12.1 Å². The second-order valence-corrected chi connectivity index (χ2v) is 6.28.